The molecule has 6 heteroatoms. The van der Waals surface area contributed by atoms with Crippen LogP contribution in [0.3, 0.4) is 0 Å². The molecule has 0 aliphatic heterocycles. The van der Waals surface area contributed by atoms with Crippen LogP contribution in [0.15, 0.2) is 28.8 Å². The van der Waals surface area contributed by atoms with Crippen molar-refractivity contribution < 1.29 is 14.4 Å². The molecule has 0 saturated heterocycles. The van der Waals surface area contributed by atoms with Crippen molar-refractivity contribution in [1.82, 2.24) is 15.5 Å². The van der Waals surface area contributed by atoms with E-state index in [0.29, 0.717) is 30.5 Å². The van der Waals surface area contributed by atoms with Gasteiger partial charge in [-0.05, 0) is 37.2 Å². The van der Waals surface area contributed by atoms with Crippen LogP contribution in [0.25, 0.3) is 11.4 Å². The zero-order valence-electron chi connectivity index (χ0n) is 15.4. The Hall–Kier alpha value is -2.21. The van der Waals surface area contributed by atoms with Crippen molar-refractivity contribution in [2.24, 2.45) is 0 Å². The van der Waals surface area contributed by atoms with Crippen molar-refractivity contribution >= 4 is 5.91 Å². The summed E-state index contributed by atoms with van der Waals surface area (Å²) in [6.45, 7) is 4.31. The second-order valence-electron chi connectivity index (χ2n) is 7.36. The maximum Gasteiger partial charge on any atom is 0.227 e. The third-order valence-electron chi connectivity index (χ3n) is 4.93. The van der Waals surface area contributed by atoms with E-state index in [1.165, 1.54) is 5.56 Å². The number of amides is 1. The van der Waals surface area contributed by atoms with Crippen LogP contribution in [0.5, 0.6) is 0 Å². The van der Waals surface area contributed by atoms with E-state index >= 15 is 0 Å². The van der Waals surface area contributed by atoms with Gasteiger partial charge in [0.05, 0.1) is 6.10 Å². The van der Waals surface area contributed by atoms with Gasteiger partial charge < -0.3 is 14.9 Å². The molecule has 26 heavy (non-hydrogen) atoms. The van der Waals surface area contributed by atoms with Gasteiger partial charge in [0.15, 0.2) is 0 Å². The lowest BCUT2D eigenvalue weighted by Crippen LogP contribution is -2.38. The van der Waals surface area contributed by atoms with E-state index in [1.807, 2.05) is 12.1 Å². The smallest absolute Gasteiger partial charge is 0.227 e. The number of hydrogen-bond acceptors (Lipinski definition) is 5. The van der Waals surface area contributed by atoms with Gasteiger partial charge in [0.1, 0.15) is 0 Å². The molecule has 140 valence electrons. The third-order valence-corrected chi connectivity index (χ3v) is 4.93. The minimum absolute atomic E-state index is 0.00701. The predicted molar refractivity (Wildman–Crippen MR) is 98.5 cm³/mol. The van der Waals surface area contributed by atoms with Crippen molar-refractivity contribution in [3.8, 4) is 11.4 Å². The maximum absolute atomic E-state index is 12.1. The summed E-state index contributed by atoms with van der Waals surface area (Å²) in [4.78, 5) is 16.5. The van der Waals surface area contributed by atoms with Crippen LogP contribution >= 0.6 is 0 Å². The second-order valence-corrected chi connectivity index (χ2v) is 7.36. The Labute approximate surface area is 154 Å². The van der Waals surface area contributed by atoms with Crippen LogP contribution in [-0.4, -0.2) is 33.3 Å². The molecule has 6 nitrogen and oxygen atoms in total. The predicted octanol–water partition coefficient (Wildman–Crippen LogP) is 3.21. The molecule has 2 aromatic rings. The molecule has 1 heterocycles. The van der Waals surface area contributed by atoms with E-state index in [2.05, 4.69) is 41.4 Å². The maximum atomic E-state index is 12.1. The van der Waals surface area contributed by atoms with Crippen LogP contribution in [-0.2, 0) is 11.2 Å². The number of aromatic nitrogens is 2. The van der Waals surface area contributed by atoms with E-state index in [9.17, 15) is 9.90 Å². The van der Waals surface area contributed by atoms with Crippen molar-refractivity contribution in [2.45, 2.75) is 70.4 Å². The van der Waals surface area contributed by atoms with Gasteiger partial charge >= 0.3 is 0 Å². The monoisotopic (exact) mass is 357 g/mol. The topological polar surface area (TPSA) is 88.2 Å². The van der Waals surface area contributed by atoms with Gasteiger partial charge in [-0.1, -0.05) is 43.3 Å². The molecule has 1 aromatic carbocycles. The number of benzene rings is 1. The lowest BCUT2D eigenvalue weighted by atomic mass is 9.93. The summed E-state index contributed by atoms with van der Waals surface area (Å²) < 4.78 is 5.28. The highest BCUT2D eigenvalue weighted by Gasteiger charge is 2.21. The van der Waals surface area contributed by atoms with Gasteiger partial charge in [-0.25, -0.2) is 0 Å². The molecule has 1 aromatic heterocycles. The van der Waals surface area contributed by atoms with Gasteiger partial charge in [-0.15, -0.1) is 0 Å². The fourth-order valence-corrected chi connectivity index (χ4v) is 3.23. The zero-order valence-corrected chi connectivity index (χ0v) is 15.4. The zero-order chi connectivity index (χ0) is 18.5. The van der Waals surface area contributed by atoms with E-state index in [4.69, 9.17) is 4.52 Å². The Bertz CT molecular complexity index is 716. The average Bonchev–Trinajstić information content (AvgIpc) is 3.11. The summed E-state index contributed by atoms with van der Waals surface area (Å²) in [6, 6.07) is 8.31. The number of nitrogens with zero attached hydrogens (tertiary/aromatic N) is 2. The lowest BCUT2D eigenvalue weighted by Gasteiger charge is -2.26. The summed E-state index contributed by atoms with van der Waals surface area (Å²) in [5, 5.41) is 16.6. The first-order valence-corrected chi connectivity index (χ1v) is 9.41. The minimum Gasteiger partial charge on any atom is -0.393 e. The van der Waals surface area contributed by atoms with E-state index < -0.39 is 0 Å². The van der Waals surface area contributed by atoms with Gasteiger partial charge in [0.25, 0.3) is 0 Å². The molecule has 3 rings (SSSR count). The highest BCUT2D eigenvalue weighted by Crippen LogP contribution is 2.21. The summed E-state index contributed by atoms with van der Waals surface area (Å²) >= 11 is 0. The largest absolute Gasteiger partial charge is 0.393 e. The number of carbonyl (C=O) groups excluding carboxylic acids is 1. The Kier molecular flexibility index (Phi) is 6.04. The quantitative estimate of drug-likeness (QED) is 0.829. The fraction of sp³-hybridized carbons (Fsp3) is 0.550. The van der Waals surface area contributed by atoms with Crippen LogP contribution < -0.4 is 5.32 Å². The Balaban J connectivity index is 1.49. The standard InChI is InChI=1S/C20H27N3O3/c1-13(2)14-3-5-15(6-4-14)20-22-19(26-23-20)12-11-18(25)21-16-7-9-17(24)10-8-16/h3-6,13,16-17,24H,7-12H2,1-2H3,(H,21,25). The molecule has 1 amide bonds. The number of aryl methyl sites for hydroxylation is 1. The van der Waals surface area contributed by atoms with Gasteiger partial charge in [0, 0.05) is 24.4 Å². The molecular weight excluding hydrogens is 330 g/mol. The average molecular weight is 357 g/mol. The minimum atomic E-state index is -0.213. The second kappa shape index (κ2) is 8.45. The SMILES string of the molecule is CC(C)c1ccc(-c2noc(CCC(=O)NC3CCC(O)CC3)n2)cc1. The fourth-order valence-electron chi connectivity index (χ4n) is 3.23. The number of rotatable bonds is 6. The lowest BCUT2D eigenvalue weighted by molar-refractivity contribution is -0.122. The molecule has 0 spiro atoms. The van der Waals surface area contributed by atoms with Crippen LogP contribution in [0.2, 0.25) is 0 Å². The Morgan fingerprint density at radius 1 is 1.23 bits per heavy atom. The number of hydrogen-bond donors (Lipinski definition) is 2. The van der Waals surface area contributed by atoms with Gasteiger partial charge in [0.2, 0.25) is 17.6 Å². The highest BCUT2D eigenvalue weighted by molar-refractivity contribution is 5.76. The summed E-state index contributed by atoms with van der Waals surface area (Å²) in [7, 11) is 0. The summed E-state index contributed by atoms with van der Waals surface area (Å²) in [5.41, 5.74) is 2.18. The molecule has 1 aliphatic carbocycles. The van der Waals surface area contributed by atoms with E-state index in [1.54, 1.807) is 0 Å². The van der Waals surface area contributed by atoms with E-state index in [0.717, 1.165) is 31.2 Å². The van der Waals surface area contributed by atoms with Crippen LogP contribution in [0.1, 0.15) is 63.3 Å². The molecular formula is C20H27N3O3. The van der Waals surface area contributed by atoms with Crippen LogP contribution in [0, 0.1) is 0 Å². The van der Waals surface area contributed by atoms with E-state index in [-0.39, 0.29) is 18.1 Å². The first kappa shape index (κ1) is 18.6. The molecule has 0 bridgehead atoms. The number of carbonyl (C=O) groups is 1. The third kappa shape index (κ3) is 4.91. The Morgan fingerprint density at radius 3 is 2.58 bits per heavy atom. The molecule has 0 radical (unpaired) electrons. The van der Waals surface area contributed by atoms with Crippen molar-refractivity contribution in [2.75, 3.05) is 0 Å². The van der Waals surface area contributed by atoms with Crippen molar-refractivity contribution in [1.29, 1.82) is 0 Å². The molecule has 1 fully saturated rings. The van der Waals surface area contributed by atoms with Crippen molar-refractivity contribution in [3.05, 3.63) is 35.7 Å². The van der Waals surface area contributed by atoms with Crippen LogP contribution in [0.4, 0.5) is 0 Å². The summed E-state index contributed by atoms with van der Waals surface area (Å²) in [6.07, 6.45) is 3.73. The van der Waals surface area contributed by atoms with Gasteiger partial charge in [-0.3, -0.25) is 4.79 Å². The Morgan fingerprint density at radius 2 is 1.92 bits per heavy atom. The first-order valence-electron chi connectivity index (χ1n) is 9.41. The molecule has 2 N–H and O–H groups in total. The summed E-state index contributed by atoms with van der Waals surface area (Å²) in [5.74, 6) is 1.50. The highest BCUT2D eigenvalue weighted by atomic mass is 16.5. The normalized spacial score (nSPS) is 20.3. The molecule has 1 aliphatic rings. The molecule has 0 atom stereocenters. The number of nitrogens with one attached hydrogen (secondary N) is 1. The number of aliphatic hydroxyl groups excluding tert-OH is 1. The molecule has 1 saturated carbocycles. The van der Waals surface area contributed by atoms with Gasteiger partial charge in [-0.2, -0.15) is 4.98 Å². The first-order chi connectivity index (χ1) is 12.5. The molecule has 0 unspecified atom stereocenters. The van der Waals surface area contributed by atoms with Crippen molar-refractivity contribution in [3.63, 3.8) is 0 Å². The number of aliphatic hydroxyl groups is 1.